The van der Waals surface area contributed by atoms with Gasteiger partial charge in [0, 0.05) is 25.7 Å². The van der Waals surface area contributed by atoms with Crippen molar-refractivity contribution in [3.8, 4) is 5.88 Å². The standard InChI is InChI=1S/C9H14N4O2/c1-13(2)9(14)6-4-7(12-10)11-8(5-6)15-3/h4-5H,10H2,1-3H3,(H,11,12). The number of carbonyl (C=O) groups excluding carboxylic acids is 1. The highest BCUT2D eigenvalue weighted by atomic mass is 16.5. The zero-order valence-electron chi connectivity index (χ0n) is 8.94. The largest absolute Gasteiger partial charge is 0.481 e. The van der Waals surface area contributed by atoms with Gasteiger partial charge in [-0.05, 0) is 6.07 Å². The van der Waals surface area contributed by atoms with Crippen molar-refractivity contribution in [2.45, 2.75) is 0 Å². The number of aromatic nitrogens is 1. The first-order chi connectivity index (χ1) is 7.08. The maximum absolute atomic E-state index is 11.7. The van der Waals surface area contributed by atoms with Crippen LogP contribution in [0.15, 0.2) is 12.1 Å². The Morgan fingerprint density at radius 3 is 2.67 bits per heavy atom. The van der Waals surface area contributed by atoms with Crippen molar-refractivity contribution in [2.75, 3.05) is 26.6 Å². The third-order valence-corrected chi connectivity index (χ3v) is 1.81. The first-order valence-electron chi connectivity index (χ1n) is 4.33. The molecule has 3 N–H and O–H groups in total. The van der Waals surface area contributed by atoms with E-state index < -0.39 is 0 Å². The number of carbonyl (C=O) groups is 1. The van der Waals surface area contributed by atoms with E-state index in [9.17, 15) is 4.79 Å². The van der Waals surface area contributed by atoms with E-state index in [1.807, 2.05) is 0 Å². The molecule has 1 aromatic heterocycles. The monoisotopic (exact) mass is 210 g/mol. The number of methoxy groups -OCH3 is 1. The van der Waals surface area contributed by atoms with Crippen molar-refractivity contribution in [2.24, 2.45) is 5.84 Å². The number of hydrazine groups is 1. The molecule has 0 aliphatic carbocycles. The zero-order valence-corrected chi connectivity index (χ0v) is 8.94. The van der Waals surface area contributed by atoms with E-state index in [2.05, 4.69) is 10.4 Å². The van der Waals surface area contributed by atoms with Gasteiger partial charge in [0.05, 0.1) is 7.11 Å². The molecule has 82 valence electrons. The van der Waals surface area contributed by atoms with Crippen LogP contribution in [0.5, 0.6) is 5.88 Å². The van der Waals surface area contributed by atoms with Gasteiger partial charge in [0.2, 0.25) is 5.88 Å². The molecule has 0 atom stereocenters. The number of hydrogen-bond acceptors (Lipinski definition) is 5. The molecule has 0 aromatic carbocycles. The molecule has 6 nitrogen and oxygen atoms in total. The number of amides is 1. The smallest absolute Gasteiger partial charge is 0.253 e. The molecular weight excluding hydrogens is 196 g/mol. The molecule has 0 radical (unpaired) electrons. The first kappa shape index (κ1) is 11.3. The number of nitrogens with zero attached hydrogens (tertiary/aromatic N) is 2. The van der Waals surface area contributed by atoms with Gasteiger partial charge in [-0.25, -0.2) is 5.84 Å². The number of nitrogens with two attached hydrogens (primary N) is 1. The minimum absolute atomic E-state index is 0.132. The lowest BCUT2D eigenvalue weighted by Crippen LogP contribution is -2.22. The Kier molecular flexibility index (Phi) is 3.46. The van der Waals surface area contributed by atoms with Gasteiger partial charge in [0.15, 0.2) is 0 Å². The average Bonchev–Trinajstić information content (AvgIpc) is 2.27. The Bertz CT molecular complexity index is 343. The summed E-state index contributed by atoms with van der Waals surface area (Å²) in [7, 11) is 4.82. The van der Waals surface area contributed by atoms with Gasteiger partial charge in [0.25, 0.3) is 5.91 Å². The van der Waals surface area contributed by atoms with Gasteiger partial charge < -0.3 is 15.1 Å². The Labute approximate surface area is 88.0 Å². The van der Waals surface area contributed by atoms with Crippen molar-refractivity contribution >= 4 is 11.7 Å². The van der Waals surface area contributed by atoms with Crippen molar-refractivity contribution in [3.05, 3.63) is 17.7 Å². The molecular formula is C9H14N4O2. The van der Waals surface area contributed by atoms with Gasteiger partial charge in [-0.2, -0.15) is 4.98 Å². The highest BCUT2D eigenvalue weighted by molar-refractivity contribution is 5.94. The van der Waals surface area contributed by atoms with Crippen LogP contribution in [-0.4, -0.2) is 37.0 Å². The number of hydrogen-bond donors (Lipinski definition) is 2. The van der Waals surface area contributed by atoms with E-state index in [0.29, 0.717) is 17.3 Å². The van der Waals surface area contributed by atoms with Gasteiger partial charge >= 0.3 is 0 Å². The second-order valence-corrected chi connectivity index (χ2v) is 3.13. The van der Waals surface area contributed by atoms with Crippen molar-refractivity contribution in [3.63, 3.8) is 0 Å². The third kappa shape index (κ3) is 2.57. The average molecular weight is 210 g/mol. The summed E-state index contributed by atoms with van der Waals surface area (Å²) in [6.45, 7) is 0. The van der Waals surface area contributed by atoms with Crippen LogP contribution in [-0.2, 0) is 0 Å². The summed E-state index contributed by atoms with van der Waals surface area (Å²) in [6, 6.07) is 3.12. The molecule has 1 heterocycles. The topological polar surface area (TPSA) is 80.5 Å². The highest BCUT2D eigenvalue weighted by Gasteiger charge is 2.11. The predicted octanol–water partition coefficient (Wildman–Crippen LogP) is 0.0776. The van der Waals surface area contributed by atoms with Crippen LogP contribution < -0.4 is 16.0 Å². The van der Waals surface area contributed by atoms with Crippen LogP contribution in [0.4, 0.5) is 5.82 Å². The number of nitrogen functional groups attached to an aromatic ring is 1. The van der Waals surface area contributed by atoms with E-state index in [4.69, 9.17) is 10.6 Å². The highest BCUT2D eigenvalue weighted by Crippen LogP contribution is 2.16. The third-order valence-electron chi connectivity index (χ3n) is 1.81. The second-order valence-electron chi connectivity index (χ2n) is 3.13. The lowest BCUT2D eigenvalue weighted by molar-refractivity contribution is 0.0827. The molecule has 0 bridgehead atoms. The molecule has 15 heavy (non-hydrogen) atoms. The second kappa shape index (κ2) is 4.61. The number of nitrogens with one attached hydrogen (secondary N) is 1. The molecule has 0 spiro atoms. The quantitative estimate of drug-likeness (QED) is 0.545. The molecule has 0 saturated heterocycles. The lowest BCUT2D eigenvalue weighted by atomic mass is 10.2. The van der Waals surface area contributed by atoms with E-state index in [-0.39, 0.29) is 5.91 Å². The fraction of sp³-hybridized carbons (Fsp3) is 0.333. The normalized spacial score (nSPS) is 9.60. The maximum atomic E-state index is 11.7. The van der Waals surface area contributed by atoms with Gasteiger partial charge in [-0.1, -0.05) is 0 Å². The Morgan fingerprint density at radius 1 is 1.53 bits per heavy atom. The number of pyridine rings is 1. The Balaban J connectivity index is 3.12. The number of ether oxygens (including phenoxy) is 1. The molecule has 0 fully saturated rings. The van der Waals surface area contributed by atoms with Crippen LogP contribution in [0.1, 0.15) is 10.4 Å². The molecule has 0 unspecified atom stereocenters. The fourth-order valence-corrected chi connectivity index (χ4v) is 1.07. The van der Waals surface area contributed by atoms with E-state index >= 15 is 0 Å². The molecule has 1 rings (SSSR count). The fourth-order valence-electron chi connectivity index (χ4n) is 1.07. The van der Waals surface area contributed by atoms with E-state index in [1.165, 1.54) is 12.0 Å². The number of anilines is 1. The predicted molar refractivity (Wildman–Crippen MR) is 56.6 cm³/mol. The summed E-state index contributed by atoms with van der Waals surface area (Å²) in [4.78, 5) is 17.1. The summed E-state index contributed by atoms with van der Waals surface area (Å²) in [6.07, 6.45) is 0. The van der Waals surface area contributed by atoms with E-state index in [1.54, 1.807) is 26.2 Å². The molecule has 1 aromatic rings. The lowest BCUT2D eigenvalue weighted by Gasteiger charge is -2.12. The Morgan fingerprint density at radius 2 is 2.20 bits per heavy atom. The van der Waals surface area contributed by atoms with Gasteiger partial charge in [-0.3, -0.25) is 4.79 Å². The molecule has 1 amide bonds. The van der Waals surface area contributed by atoms with Crippen LogP contribution in [0, 0.1) is 0 Å². The van der Waals surface area contributed by atoms with Crippen LogP contribution in [0.25, 0.3) is 0 Å². The Hall–Kier alpha value is -1.82. The van der Waals surface area contributed by atoms with Crippen molar-refractivity contribution in [1.29, 1.82) is 0 Å². The molecule has 0 aliphatic rings. The summed E-state index contributed by atoms with van der Waals surface area (Å²) in [5.74, 6) is 5.83. The minimum atomic E-state index is -0.132. The summed E-state index contributed by atoms with van der Waals surface area (Å²) in [5, 5.41) is 0. The summed E-state index contributed by atoms with van der Waals surface area (Å²) < 4.78 is 4.95. The van der Waals surface area contributed by atoms with Crippen LogP contribution in [0.3, 0.4) is 0 Å². The minimum Gasteiger partial charge on any atom is -0.481 e. The summed E-state index contributed by atoms with van der Waals surface area (Å²) >= 11 is 0. The summed E-state index contributed by atoms with van der Waals surface area (Å²) in [5.41, 5.74) is 2.85. The molecule has 0 aliphatic heterocycles. The zero-order chi connectivity index (χ0) is 11.4. The van der Waals surface area contributed by atoms with Gasteiger partial charge in [0.1, 0.15) is 5.82 Å². The van der Waals surface area contributed by atoms with Crippen molar-refractivity contribution in [1.82, 2.24) is 9.88 Å². The molecule has 0 saturated carbocycles. The SMILES string of the molecule is COc1cc(C(=O)N(C)C)cc(NN)n1. The van der Waals surface area contributed by atoms with Crippen LogP contribution in [0.2, 0.25) is 0 Å². The maximum Gasteiger partial charge on any atom is 0.253 e. The van der Waals surface area contributed by atoms with Gasteiger partial charge in [-0.15, -0.1) is 0 Å². The number of rotatable bonds is 3. The first-order valence-corrected chi connectivity index (χ1v) is 4.33. The van der Waals surface area contributed by atoms with E-state index in [0.717, 1.165) is 0 Å². The van der Waals surface area contributed by atoms with Crippen LogP contribution >= 0.6 is 0 Å². The van der Waals surface area contributed by atoms with Crippen molar-refractivity contribution < 1.29 is 9.53 Å². The molecule has 6 heteroatoms.